The summed E-state index contributed by atoms with van der Waals surface area (Å²) in [5.74, 6) is 0.352. The van der Waals surface area contributed by atoms with Crippen LogP contribution in [0.5, 0.6) is 0 Å². The Morgan fingerprint density at radius 2 is 2.25 bits per heavy atom. The van der Waals surface area contributed by atoms with Crippen LogP contribution in [0.3, 0.4) is 0 Å². The molecule has 0 aromatic heterocycles. The van der Waals surface area contributed by atoms with Gasteiger partial charge >= 0.3 is 0 Å². The van der Waals surface area contributed by atoms with Gasteiger partial charge in [-0.1, -0.05) is 13.0 Å². The minimum Gasteiger partial charge on any atom is -0.285 e. The van der Waals surface area contributed by atoms with Crippen molar-refractivity contribution >= 4 is 10.1 Å². The van der Waals surface area contributed by atoms with Gasteiger partial charge in [0.05, 0.1) is 0 Å². The lowest BCUT2D eigenvalue weighted by atomic mass is 10.1. The Morgan fingerprint density at radius 1 is 1.67 bits per heavy atom. The molecule has 1 rings (SSSR count). The van der Waals surface area contributed by atoms with Gasteiger partial charge in [0, 0.05) is 0 Å². The monoisotopic (exact) mass is 190 g/mol. The molecule has 2 unspecified atom stereocenters. The van der Waals surface area contributed by atoms with Gasteiger partial charge in [-0.2, -0.15) is 8.42 Å². The summed E-state index contributed by atoms with van der Waals surface area (Å²) in [4.78, 5) is 0. The molecule has 0 aromatic carbocycles. The van der Waals surface area contributed by atoms with Crippen LogP contribution in [0.2, 0.25) is 0 Å². The van der Waals surface area contributed by atoms with Gasteiger partial charge in [0.1, 0.15) is 4.75 Å². The average molecular weight is 190 g/mol. The molecule has 1 aliphatic carbocycles. The van der Waals surface area contributed by atoms with Crippen LogP contribution in [0.15, 0.2) is 12.7 Å². The number of hydrogen-bond acceptors (Lipinski definition) is 2. The first-order chi connectivity index (χ1) is 5.41. The predicted molar refractivity (Wildman–Crippen MR) is 47.5 cm³/mol. The Kier molecular flexibility index (Phi) is 2.31. The van der Waals surface area contributed by atoms with Crippen molar-refractivity contribution in [1.82, 2.24) is 0 Å². The fourth-order valence-corrected chi connectivity index (χ4v) is 2.89. The third kappa shape index (κ3) is 1.41. The number of rotatable bonds is 2. The van der Waals surface area contributed by atoms with E-state index < -0.39 is 14.9 Å². The summed E-state index contributed by atoms with van der Waals surface area (Å²) in [5, 5.41) is 0. The van der Waals surface area contributed by atoms with E-state index in [-0.39, 0.29) is 0 Å². The smallest absolute Gasteiger partial charge is 0.274 e. The molecular formula is C8H14O3S. The van der Waals surface area contributed by atoms with Crippen molar-refractivity contribution in [3.05, 3.63) is 12.7 Å². The predicted octanol–water partition coefficient (Wildman–Crippen LogP) is 1.62. The molecule has 0 bridgehead atoms. The SMILES string of the molecule is C=CC1(S(=O)(=O)O)CCC(C)C1. The molecule has 0 saturated heterocycles. The van der Waals surface area contributed by atoms with E-state index in [0.717, 1.165) is 6.42 Å². The highest BCUT2D eigenvalue weighted by Crippen LogP contribution is 2.40. The van der Waals surface area contributed by atoms with Crippen molar-refractivity contribution in [2.45, 2.75) is 30.9 Å². The van der Waals surface area contributed by atoms with E-state index >= 15 is 0 Å². The zero-order chi connectivity index (χ0) is 9.41. The molecule has 70 valence electrons. The van der Waals surface area contributed by atoms with Crippen LogP contribution in [0.25, 0.3) is 0 Å². The van der Waals surface area contributed by atoms with E-state index in [2.05, 4.69) is 6.58 Å². The van der Waals surface area contributed by atoms with Gasteiger partial charge in [0.25, 0.3) is 10.1 Å². The maximum Gasteiger partial charge on any atom is 0.274 e. The summed E-state index contributed by atoms with van der Waals surface area (Å²) in [6.07, 6.45) is 3.20. The summed E-state index contributed by atoms with van der Waals surface area (Å²) in [7, 11) is -3.97. The first-order valence-corrected chi connectivity index (χ1v) is 5.46. The van der Waals surface area contributed by atoms with Crippen molar-refractivity contribution in [2.24, 2.45) is 5.92 Å². The van der Waals surface area contributed by atoms with Crippen LogP contribution < -0.4 is 0 Å². The van der Waals surface area contributed by atoms with Gasteiger partial charge in [-0.15, -0.1) is 6.58 Å². The number of hydrogen-bond donors (Lipinski definition) is 1. The Balaban J connectivity index is 3.01. The Hall–Kier alpha value is -0.350. The van der Waals surface area contributed by atoms with Crippen molar-refractivity contribution in [2.75, 3.05) is 0 Å². The molecule has 0 radical (unpaired) electrons. The Bertz CT molecular complexity index is 281. The fourth-order valence-electron chi connectivity index (χ4n) is 1.81. The molecular weight excluding hydrogens is 176 g/mol. The maximum atomic E-state index is 11.0. The van der Waals surface area contributed by atoms with Crippen LogP contribution in [-0.4, -0.2) is 17.7 Å². The lowest BCUT2D eigenvalue weighted by Gasteiger charge is -2.20. The molecule has 12 heavy (non-hydrogen) atoms. The second-order valence-electron chi connectivity index (χ2n) is 3.59. The van der Waals surface area contributed by atoms with Crippen molar-refractivity contribution < 1.29 is 13.0 Å². The van der Waals surface area contributed by atoms with E-state index in [1.54, 1.807) is 0 Å². The largest absolute Gasteiger partial charge is 0.285 e. The standard InChI is InChI=1S/C8H14O3S/c1-3-8(12(9,10)11)5-4-7(2)6-8/h3,7H,1,4-6H2,2H3,(H,9,10,11). The molecule has 1 N–H and O–H groups in total. The zero-order valence-electron chi connectivity index (χ0n) is 7.16. The first-order valence-electron chi connectivity index (χ1n) is 4.02. The third-order valence-electron chi connectivity index (χ3n) is 2.64. The summed E-state index contributed by atoms with van der Waals surface area (Å²) >= 11 is 0. The molecule has 3 nitrogen and oxygen atoms in total. The highest BCUT2D eigenvalue weighted by molar-refractivity contribution is 7.87. The summed E-state index contributed by atoms with van der Waals surface area (Å²) in [6.45, 7) is 5.46. The van der Waals surface area contributed by atoms with E-state index in [9.17, 15) is 8.42 Å². The maximum absolute atomic E-state index is 11.0. The normalized spacial score (nSPS) is 36.7. The lowest BCUT2D eigenvalue weighted by molar-refractivity contribution is 0.443. The van der Waals surface area contributed by atoms with Gasteiger partial charge in [0.2, 0.25) is 0 Å². The topological polar surface area (TPSA) is 54.4 Å². The zero-order valence-corrected chi connectivity index (χ0v) is 7.97. The second-order valence-corrected chi connectivity index (χ2v) is 5.36. The molecule has 0 aromatic rings. The van der Waals surface area contributed by atoms with E-state index in [1.165, 1.54) is 6.08 Å². The molecule has 1 fully saturated rings. The third-order valence-corrected chi connectivity index (χ3v) is 4.20. The van der Waals surface area contributed by atoms with Gasteiger partial charge in [0.15, 0.2) is 0 Å². The fraction of sp³-hybridized carbons (Fsp3) is 0.750. The molecule has 0 aliphatic heterocycles. The highest BCUT2D eigenvalue weighted by Gasteiger charge is 2.45. The van der Waals surface area contributed by atoms with Gasteiger partial charge < -0.3 is 0 Å². The highest BCUT2D eigenvalue weighted by atomic mass is 32.2. The average Bonchev–Trinajstić information content (AvgIpc) is 2.31. The molecule has 0 amide bonds. The minimum absolute atomic E-state index is 0.352. The van der Waals surface area contributed by atoms with Gasteiger partial charge in [-0.05, 0) is 25.2 Å². The van der Waals surface area contributed by atoms with Crippen molar-refractivity contribution in [1.29, 1.82) is 0 Å². The lowest BCUT2D eigenvalue weighted by Crippen LogP contribution is -2.32. The van der Waals surface area contributed by atoms with Crippen molar-refractivity contribution in [3.63, 3.8) is 0 Å². The summed E-state index contributed by atoms with van der Waals surface area (Å²) in [6, 6.07) is 0. The Morgan fingerprint density at radius 3 is 2.42 bits per heavy atom. The van der Waals surface area contributed by atoms with Crippen LogP contribution in [0.1, 0.15) is 26.2 Å². The molecule has 1 aliphatic rings. The van der Waals surface area contributed by atoms with Gasteiger partial charge in [-0.25, -0.2) is 0 Å². The van der Waals surface area contributed by atoms with Crippen LogP contribution in [-0.2, 0) is 10.1 Å². The molecule has 1 saturated carbocycles. The summed E-state index contributed by atoms with van der Waals surface area (Å²) < 4.78 is 30.0. The van der Waals surface area contributed by atoms with Crippen LogP contribution >= 0.6 is 0 Å². The first kappa shape index (κ1) is 9.74. The molecule has 0 spiro atoms. The van der Waals surface area contributed by atoms with Crippen LogP contribution in [0.4, 0.5) is 0 Å². The minimum atomic E-state index is -3.97. The molecule has 2 atom stereocenters. The quantitative estimate of drug-likeness (QED) is 0.531. The van der Waals surface area contributed by atoms with E-state index in [1.807, 2.05) is 6.92 Å². The Labute approximate surface area is 73.2 Å². The summed E-state index contributed by atoms with van der Waals surface area (Å²) in [5.41, 5.74) is 0. The van der Waals surface area contributed by atoms with Crippen molar-refractivity contribution in [3.8, 4) is 0 Å². The van der Waals surface area contributed by atoms with E-state index in [0.29, 0.717) is 18.8 Å². The van der Waals surface area contributed by atoms with Gasteiger partial charge in [-0.3, -0.25) is 4.55 Å². The molecule has 0 heterocycles. The van der Waals surface area contributed by atoms with Crippen LogP contribution in [0, 0.1) is 5.92 Å². The molecule has 4 heteroatoms. The second kappa shape index (κ2) is 2.85. The van der Waals surface area contributed by atoms with E-state index in [4.69, 9.17) is 4.55 Å².